The van der Waals surface area contributed by atoms with Gasteiger partial charge in [0, 0.05) is 56.0 Å². The molecule has 0 spiro atoms. The number of aromatic nitrogens is 4. The summed E-state index contributed by atoms with van der Waals surface area (Å²) in [6, 6.07) is 5.96. The molecule has 2 aromatic heterocycles. The summed E-state index contributed by atoms with van der Waals surface area (Å²) in [6.45, 7) is 4.18. The van der Waals surface area contributed by atoms with Crippen LogP contribution in [0.15, 0.2) is 35.4 Å². The van der Waals surface area contributed by atoms with Crippen LogP contribution >= 0.6 is 0 Å². The fourth-order valence-corrected chi connectivity index (χ4v) is 4.75. The van der Waals surface area contributed by atoms with Crippen molar-refractivity contribution in [1.29, 1.82) is 0 Å². The van der Waals surface area contributed by atoms with Crippen LogP contribution in [0.3, 0.4) is 0 Å². The molecule has 1 saturated carbocycles. The summed E-state index contributed by atoms with van der Waals surface area (Å²) < 4.78 is 12.4. The predicted octanol–water partition coefficient (Wildman–Crippen LogP) is 2.48. The Morgan fingerprint density at radius 1 is 1.27 bits per heavy atom. The van der Waals surface area contributed by atoms with Gasteiger partial charge in [-0.3, -0.25) is 4.79 Å². The molecule has 0 bridgehead atoms. The van der Waals surface area contributed by atoms with Crippen LogP contribution in [0, 0.1) is 0 Å². The molecule has 174 valence electrons. The van der Waals surface area contributed by atoms with E-state index >= 15 is 0 Å². The first kappa shape index (κ1) is 21.8. The van der Waals surface area contributed by atoms with Crippen LogP contribution in [0.25, 0.3) is 22.0 Å². The number of hydrogen-bond acceptors (Lipinski definition) is 8. The van der Waals surface area contributed by atoms with E-state index in [0.29, 0.717) is 34.4 Å². The molecule has 0 amide bonds. The van der Waals surface area contributed by atoms with Gasteiger partial charge in [0.2, 0.25) is 5.95 Å². The van der Waals surface area contributed by atoms with Gasteiger partial charge in [0.05, 0.1) is 6.20 Å². The van der Waals surface area contributed by atoms with Crippen molar-refractivity contribution >= 4 is 16.7 Å². The zero-order valence-electron chi connectivity index (χ0n) is 19.4. The highest BCUT2D eigenvalue weighted by Gasteiger charge is 2.36. The van der Waals surface area contributed by atoms with Gasteiger partial charge >= 0.3 is 0 Å². The smallest absolute Gasteiger partial charge is 0.258 e. The molecule has 1 unspecified atom stereocenters. The van der Waals surface area contributed by atoms with E-state index < -0.39 is 0 Å². The summed E-state index contributed by atoms with van der Waals surface area (Å²) >= 11 is 0. The average molecular weight is 451 g/mol. The summed E-state index contributed by atoms with van der Waals surface area (Å²) in [7, 11) is 3.30. The zero-order valence-corrected chi connectivity index (χ0v) is 19.4. The fourth-order valence-electron chi connectivity index (χ4n) is 4.75. The first-order chi connectivity index (χ1) is 16.0. The molecule has 9 nitrogen and oxygen atoms in total. The van der Waals surface area contributed by atoms with Crippen LogP contribution in [-0.2, 0) is 11.8 Å². The third-order valence-corrected chi connectivity index (χ3v) is 6.82. The van der Waals surface area contributed by atoms with Crippen LogP contribution in [0.1, 0.15) is 32.6 Å². The lowest BCUT2D eigenvalue weighted by molar-refractivity contribution is 0.0516. The van der Waals surface area contributed by atoms with Crippen molar-refractivity contribution in [1.82, 2.24) is 25.1 Å². The van der Waals surface area contributed by atoms with Gasteiger partial charge in [0.25, 0.3) is 5.56 Å². The zero-order chi connectivity index (χ0) is 23.0. The predicted molar refractivity (Wildman–Crippen MR) is 127 cm³/mol. The normalized spacial score (nSPS) is 19.6. The molecule has 3 aromatic rings. The Morgan fingerprint density at radius 2 is 2.12 bits per heavy atom. The third-order valence-electron chi connectivity index (χ3n) is 6.82. The monoisotopic (exact) mass is 450 g/mol. The minimum atomic E-state index is -0.0830. The molecule has 0 radical (unpaired) electrons. The number of pyridine rings is 1. The number of fused-ring (bicyclic) bond motifs is 1. The highest BCUT2D eigenvalue weighted by molar-refractivity contribution is 5.89. The molecule has 1 aromatic carbocycles. The number of nitrogens with zero attached hydrogens (tertiary/aromatic N) is 5. The summed E-state index contributed by atoms with van der Waals surface area (Å²) in [6.07, 6.45) is 8.32. The van der Waals surface area contributed by atoms with E-state index in [-0.39, 0.29) is 17.9 Å². The van der Waals surface area contributed by atoms with Gasteiger partial charge in [-0.25, -0.2) is 4.98 Å². The molecule has 1 N–H and O–H groups in total. The number of hydrogen-bond donors (Lipinski definition) is 1. The molecule has 1 aliphatic carbocycles. The first-order valence-corrected chi connectivity index (χ1v) is 11.4. The van der Waals surface area contributed by atoms with E-state index in [9.17, 15) is 4.79 Å². The molecular weight excluding hydrogens is 420 g/mol. The fraction of sp³-hybridized carbons (Fsp3) is 0.500. The molecule has 5 rings (SSSR count). The van der Waals surface area contributed by atoms with E-state index in [4.69, 9.17) is 9.47 Å². The van der Waals surface area contributed by atoms with E-state index in [1.165, 1.54) is 19.3 Å². The largest absolute Gasteiger partial charge is 0.467 e. The standard InChI is InChI=1S/C24H30N6O3/c1-24(7-4-8-24)26-17-6-10-30(14-17)23-25-13-20(27-28-23)19-12-18-16(5-9-29(2)22(18)31)11-21(19)33-15-32-3/h5,9,11-13,17,26H,4,6-8,10,14-15H2,1-3H3. The number of ether oxygens (including phenoxy) is 2. The SMILES string of the molecule is COCOc1cc2ccn(C)c(=O)c2cc1-c1cnc(N2CCC(NC3(C)CCC3)C2)nn1. The first-order valence-electron chi connectivity index (χ1n) is 11.4. The Labute approximate surface area is 192 Å². The maximum atomic E-state index is 12.7. The van der Waals surface area contributed by atoms with Crippen molar-refractivity contribution < 1.29 is 9.47 Å². The Bertz CT molecular complexity index is 1210. The molecule has 1 aliphatic heterocycles. The van der Waals surface area contributed by atoms with Crippen LogP contribution in [-0.4, -0.2) is 58.3 Å². The van der Waals surface area contributed by atoms with Crippen molar-refractivity contribution in [2.75, 3.05) is 31.9 Å². The highest BCUT2D eigenvalue weighted by atomic mass is 16.7. The molecule has 9 heteroatoms. The lowest BCUT2D eigenvalue weighted by Crippen LogP contribution is -2.53. The van der Waals surface area contributed by atoms with Gasteiger partial charge in [-0.1, -0.05) is 0 Å². The van der Waals surface area contributed by atoms with Gasteiger partial charge < -0.3 is 24.3 Å². The van der Waals surface area contributed by atoms with Gasteiger partial charge in [-0.05, 0) is 56.2 Å². The number of rotatable bonds is 7. The summed E-state index contributed by atoms with van der Waals surface area (Å²) in [4.78, 5) is 19.4. The van der Waals surface area contributed by atoms with Gasteiger partial charge in [0.15, 0.2) is 6.79 Å². The lowest BCUT2D eigenvalue weighted by atomic mass is 9.78. The van der Waals surface area contributed by atoms with Crippen molar-refractivity contribution in [2.24, 2.45) is 7.05 Å². The summed E-state index contributed by atoms with van der Waals surface area (Å²) in [5.74, 6) is 1.19. The van der Waals surface area contributed by atoms with E-state index in [0.717, 1.165) is 24.9 Å². The van der Waals surface area contributed by atoms with Crippen molar-refractivity contribution in [3.8, 4) is 17.0 Å². The molecule has 3 heterocycles. The third kappa shape index (κ3) is 4.30. The van der Waals surface area contributed by atoms with Crippen molar-refractivity contribution in [2.45, 2.75) is 44.2 Å². The molecule has 33 heavy (non-hydrogen) atoms. The van der Waals surface area contributed by atoms with E-state index in [1.54, 1.807) is 37.2 Å². The maximum Gasteiger partial charge on any atom is 0.258 e. The lowest BCUT2D eigenvalue weighted by Gasteiger charge is -2.41. The number of aryl methyl sites for hydroxylation is 1. The Hall–Kier alpha value is -3.04. The molecule has 2 fully saturated rings. The molecular formula is C24H30N6O3. The molecule has 2 aliphatic rings. The van der Waals surface area contributed by atoms with Crippen molar-refractivity contribution in [3.63, 3.8) is 0 Å². The second-order valence-electron chi connectivity index (χ2n) is 9.35. The Balaban J connectivity index is 1.40. The maximum absolute atomic E-state index is 12.7. The van der Waals surface area contributed by atoms with Gasteiger partial charge in [0.1, 0.15) is 11.4 Å². The van der Waals surface area contributed by atoms with Crippen LogP contribution in [0.4, 0.5) is 5.95 Å². The van der Waals surface area contributed by atoms with E-state index in [2.05, 4.69) is 32.3 Å². The van der Waals surface area contributed by atoms with E-state index in [1.807, 2.05) is 12.1 Å². The summed E-state index contributed by atoms with van der Waals surface area (Å²) in [5.41, 5.74) is 1.41. The number of methoxy groups -OCH3 is 1. The number of nitrogens with one attached hydrogen (secondary N) is 1. The van der Waals surface area contributed by atoms with Gasteiger partial charge in [-0.2, -0.15) is 0 Å². The average Bonchev–Trinajstić information content (AvgIpc) is 3.27. The quantitative estimate of drug-likeness (QED) is 0.549. The van der Waals surface area contributed by atoms with Crippen molar-refractivity contribution in [3.05, 3.63) is 40.9 Å². The van der Waals surface area contributed by atoms with Crippen LogP contribution in [0.5, 0.6) is 5.75 Å². The topological polar surface area (TPSA) is 94.4 Å². The second kappa shape index (κ2) is 8.72. The number of benzene rings is 1. The minimum absolute atomic E-state index is 0.0830. The Morgan fingerprint density at radius 3 is 2.82 bits per heavy atom. The van der Waals surface area contributed by atoms with Gasteiger partial charge in [-0.15, -0.1) is 10.2 Å². The second-order valence-corrected chi connectivity index (χ2v) is 9.35. The Kier molecular flexibility index (Phi) is 5.76. The minimum Gasteiger partial charge on any atom is -0.467 e. The number of anilines is 1. The highest BCUT2D eigenvalue weighted by Crippen LogP contribution is 2.34. The summed E-state index contributed by atoms with van der Waals surface area (Å²) in [5, 5.41) is 14.0. The van der Waals surface area contributed by atoms with Crippen LogP contribution < -0.4 is 20.5 Å². The molecule has 1 saturated heterocycles. The van der Waals surface area contributed by atoms with Crippen LogP contribution in [0.2, 0.25) is 0 Å². The molecule has 1 atom stereocenters.